The summed E-state index contributed by atoms with van der Waals surface area (Å²) in [4.78, 5) is 14.2. The van der Waals surface area contributed by atoms with Gasteiger partial charge in [0.05, 0.1) is 0 Å². The van der Waals surface area contributed by atoms with E-state index in [1.165, 1.54) is 0 Å². The molecule has 0 unspecified atom stereocenters. The molecule has 0 spiro atoms. The first-order valence-corrected chi connectivity index (χ1v) is 6.73. The lowest BCUT2D eigenvalue weighted by atomic mass is 9.79. The minimum Gasteiger partial charge on any atom is -0.409 e. The lowest BCUT2D eigenvalue weighted by Gasteiger charge is -2.33. The standard InChI is InChI=1S/C13H27N3O2/c1-5-8-9-10-16(4)12(17)13(6-2,7-3)11(14)15-18/h18H,5-10H2,1-4H3,(H2,14,15). The van der Waals surface area contributed by atoms with Crippen LogP contribution >= 0.6 is 0 Å². The average Bonchev–Trinajstić information content (AvgIpc) is 2.40. The Kier molecular flexibility index (Phi) is 7.39. The van der Waals surface area contributed by atoms with Crippen LogP contribution in [0.2, 0.25) is 0 Å². The molecule has 0 bridgehead atoms. The van der Waals surface area contributed by atoms with E-state index in [1.54, 1.807) is 11.9 Å². The zero-order valence-corrected chi connectivity index (χ0v) is 12.1. The summed E-state index contributed by atoms with van der Waals surface area (Å²) in [6.07, 6.45) is 4.28. The molecule has 0 saturated heterocycles. The number of rotatable bonds is 8. The zero-order valence-electron chi connectivity index (χ0n) is 12.1. The molecule has 0 heterocycles. The summed E-state index contributed by atoms with van der Waals surface area (Å²) < 4.78 is 0. The van der Waals surface area contributed by atoms with Crippen molar-refractivity contribution in [1.29, 1.82) is 0 Å². The van der Waals surface area contributed by atoms with Crippen LogP contribution in [0.25, 0.3) is 0 Å². The summed E-state index contributed by atoms with van der Waals surface area (Å²) in [5, 5.41) is 11.9. The molecule has 5 heteroatoms. The molecule has 0 aromatic rings. The van der Waals surface area contributed by atoms with Crippen LogP contribution in [0.5, 0.6) is 0 Å². The van der Waals surface area contributed by atoms with E-state index in [4.69, 9.17) is 10.9 Å². The van der Waals surface area contributed by atoms with E-state index in [0.29, 0.717) is 19.4 Å². The number of hydrogen-bond acceptors (Lipinski definition) is 3. The molecule has 3 N–H and O–H groups in total. The number of oxime groups is 1. The third-order valence-electron chi connectivity index (χ3n) is 3.66. The van der Waals surface area contributed by atoms with E-state index in [1.807, 2.05) is 13.8 Å². The van der Waals surface area contributed by atoms with Crippen molar-refractivity contribution in [3.63, 3.8) is 0 Å². The number of unbranched alkanes of at least 4 members (excludes halogenated alkanes) is 2. The van der Waals surface area contributed by atoms with E-state index in [0.717, 1.165) is 19.3 Å². The lowest BCUT2D eigenvalue weighted by Crippen LogP contribution is -2.50. The van der Waals surface area contributed by atoms with Gasteiger partial charge in [0.1, 0.15) is 5.41 Å². The van der Waals surface area contributed by atoms with Gasteiger partial charge >= 0.3 is 0 Å². The Morgan fingerprint density at radius 2 is 1.83 bits per heavy atom. The average molecular weight is 257 g/mol. The van der Waals surface area contributed by atoms with Crippen molar-refractivity contribution in [2.75, 3.05) is 13.6 Å². The predicted molar refractivity (Wildman–Crippen MR) is 73.6 cm³/mol. The molecule has 0 aromatic carbocycles. The summed E-state index contributed by atoms with van der Waals surface area (Å²) in [6.45, 7) is 6.62. The highest BCUT2D eigenvalue weighted by Gasteiger charge is 2.41. The fourth-order valence-corrected chi connectivity index (χ4v) is 2.19. The Balaban J connectivity index is 4.86. The first-order chi connectivity index (χ1) is 8.49. The van der Waals surface area contributed by atoms with Gasteiger partial charge in [0.25, 0.3) is 0 Å². The molecule has 0 rings (SSSR count). The summed E-state index contributed by atoms with van der Waals surface area (Å²) in [5.41, 5.74) is 4.85. The summed E-state index contributed by atoms with van der Waals surface area (Å²) in [5.74, 6) is -0.0428. The van der Waals surface area contributed by atoms with E-state index in [2.05, 4.69) is 12.1 Å². The zero-order chi connectivity index (χ0) is 14.2. The molecule has 0 aliphatic carbocycles. The summed E-state index contributed by atoms with van der Waals surface area (Å²) in [6, 6.07) is 0. The first kappa shape index (κ1) is 16.7. The van der Waals surface area contributed by atoms with Crippen LogP contribution in [-0.2, 0) is 4.79 Å². The van der Waals surface area contributed by atoms with Crippen molar-refractivity contribution >= 4 is 11.7 Å². The van der Waals surface area contributed by atoms with Gasteiger partial charge in [0.2, 0.25) is 5.91 Å². The highest BCUT2D eigenvalue weighted by atomic mass is 16.4. The third kappa shape index (κ3) is 3.62. The first-order valence-electron chi connectivity index (χ1n) is 6.73. The van der Waals surface area contributed by atoms with Gasteiger partial charge in [-0.2, -0.15) is 0 Å². The van der Waals surface area contributed by atoms with Crippen molar-refractivity contribution in [2.45, 2.75) is 52.9 Å². The molecule has 5 nitrogen and oxygen atoms in total. The predicted octanol–water partition coefficient (Wildman–Crippen LogP) is 2.19. The topological polar surface area (TPSA) is 78.9 Å². The van der Waals surface area contributed by atoms with Crippen molar-refractivity contribution < 1.29 is 10.0 Å². The third-order valence-corrected chi connectivity index (χ3v) is 3.66. The van der Waals surface area contributed by atoms with Crippen LogP contribution in [0.15, 0.2) is 5.16 Å². The van der Waals surface area contributed by atoms with Gasteiger partial charge in [-0.3, -0.25) is 4.79 Å². The smallest absolute Gasteiger partial charge is 0.236 e. The Morgan fingerprint density at radius 1 is 1.28 bits per heavy atom. The molecular weight excluding hydrogens is 230 g/mol. The van der Waals surface area contributed by atoms with E-state index >= 15 is 0 Å². The highest BCUT2D eigenvalue weighted by Crippen LogP contribution is 2.29. The Morgan fingerprint density at radius 3 is 2.22 bits per heavy atom. The Bertz CT molecular complexity index is 286. The van der Waals surface area contributed by atoms with E-state index in [9.17, 15) is 4.79 Å². The number of carbonyl (C=O) groups excluding carboxylic acids is 1. The van der Waals surface area contributed by atoms with Crippen molar-refractivity contribution in [1.82, 2.24) is 4.90 Å². The summed E-state index contributed by atoms with van der Waals surface area (Å²) >= 11 is 0. The van der Waals surface area contributed by atoms with Crippen molar-refractivity contribution in [3.05, 3.63) is 0 Å². The minimum absolute atomic E-state index is 0.0137. The van der Waals surface area contributed by atoms with Gasteiger partial charge in [0.15, 0.2) is 5.84 Å². The maximum Gasteiger partial charge on any atom is 0.236 e. The van der Waals surface area contributed by atoms with Gasteiger partial charge in [-0.1, -0.05) is 38.8 Å². The number of amides is 1. The van der Waals surface area contributed by atoms with E-state index < -0.39 is 5.41 Å². The molecule has 0 aliphatic heterocycles. The number of hydrogen-bond donors (Lipinski definition) is 2. The molecule has 0 saturated carbocycles. The minimum atomic E-state index is -0.865. The van der Waals surface area contributed by atoms with Crippen LogP contribution in [-0.4, -0.2) is 35.4 Å². The molecule has 0 atom stereocenters. The maximum absolute atomic E-state index is 12.5. The van der Waals surface area contributed by atoms with Gasteiger partial charge < -0.3 is 15.8 Å². The van der Waals surface area contributed by atoms with Crippen LogP contribution in [0.3, 0.4) is 0 Å². The van der Waals surface area contributed by atoms with Crippen LogP contribution in [0, 0.1) is 5.41 Å². The molecular formula is C13H27N3O2. The highest BCUT2D eigenvalue weighted by molar-refractivity contribution is 6.06. The molecule has 0 aliphatic rings. The second-order valence-electron chi connectivity index (χ2n) is 4.71. The molecule has 18 heavy (non-hydrogen) atoms. The van der Waals surface area contributed by atoms with Gasteiger partial charge in [-0.05, 0) is 19.3 Å². The Labute approximate surface area is 110 Å². The van der Waals surface area contributed by atoms with Gasteiger partial charge in [0, 0.05) is 13.6 Å². The quantitative estimate of drug-likeness (QED) is 0.230. The lowest BCUT2D eigenvalue weighted by molar-refractivity contribution is -0.137. The largest absolute Gasteiger partial charge is 0.409 e. The fraction of sp³-hybridized carbons (Fsp3) is 0.846. The summed E-state index contributed by atoms with van der Waals surface area (Å²) in [7, 11) is 1.78. The second-order valence-corrected chi connectivity index (χ2v) is 4.71. The van der Waals surface area contributed by atoms with Gasteiger partial charge in [-0.25, -0.2) is 0 Å². The maximum atomic E-state index is 12.5. The van der Waals surface area contributed by atoms with Gasteiger partial charge in [-0.15, -0.1) is 0 Å². The normalized spacial score (nSPS) is 12.6. The van der Waals surface area contributed by atoms with Crippen molar-refractivity contribution in [2.24, 2.45) is 16.3 Å². The molecule has 0 aromatic heterocycles. The van der Waals surface area contributed by atoms with Crippen LogP contribution in [0.4, 0.5) is 0 Å². The van der Waals surface area contributed by atoms with E-state index in [-0.39, 0.29) is 11.7 Å². The van der Waals surface area contributed by atoms with Crippen LogP contribution in [0.1, 0.15) is 52.9 Å². The Hall–Kier alpha value is -1.26. The SMILES string of the molecule is CCCCCN(C)C(=O)C(CC)(CC)C(N)=NO. The number of carbonyl (C=O) groups is 1. The van der Waals surface area contributed by atoms with Crippen molar-refractivity contribution in [3.8, 4) is 0 Å². The number of nitrogens with zero attached hydrogens (tertiary/aromatic N) is 2. The monoisotopic (exact) mass is 257 g/mol. The second kappa shape index (κ2) is 7.95. The fourth-order valence-electron chi connectivity index (χ4n) is 2.19. The number of amidine groups is 1. The molecule has 0 fully saturated rings. The molecule has 106 valence electrons. The molecule has 1 amide bonds. The van der Waals surface area contributed by atoms with Crippen LogP contribution < -0.4 is 5.73 Å². The number of nitrogens with two attached hydrogens (primary N) is 1. The molecule has 0 radical (unpaired) electrons.